The van der Waals surface area contributed by atoms with Crippen LogP contribution in [0.1, 0.15) is 29.8 Å². The van der Waals surface area contributed by atoms with Gasteiger partial charge in [-0.25, -0.2) is 31.3 Å². The number of rotatable bonds is 7. The molecule has 7 nitrogen and oxygen atoms in total. The molecular formula is C20H20F2N2O5S2. The normalized spacial score (nSPS) is 12.2. The number of hydrogen-bond donors (Lipinski definition) is 2. The number of amides is 1. The van der Waals surface area contributed by atoms with Crippen LogP contribution in [0.4, 0.5) is 8.78 Å². The van der Waals surface area contributed by atoms with Crippen LogP contribution in [0.5, 0.6) is 5.75 Å². The van der Waals surface area contributed by atoms with Gasteiger partial charge in [-0.05, 0) is 30.3 Å². The zero-order valence-electron chi connectivity index (χ0n) is 16.6. The van der Waals surface area contributed by atoms with Gasteiger partial charge in [0.25, 0.3) is 22.4 Å². The number of sulfonamides is 1. The number of carbonyl (C=O) groups is 1. The van der Waals surface area contributed by atoms with Gasteiger partial charge in [0.1, 0.15) is 28.2 Å². The van der Waals surface area contributed by atoms with E-state index in [1.165, 1.54) is 30.3 Å². The molecule has 1 atom stereocenters. The van der Waals surface area contributed by atoms with Gasteiger partial charge in [0.05, 0.1) is 10.5 Å². The summed E-state index contributed by atoms with van der Waals surface area (Å²) in [6.07, 6.45) is -2.75. The number of nitrogens with two attached hydrogens (primary N) is 1. The van der Waals surface area contributed by atoms with Gasteiger partial charge in [-0.15, -0.1) is 0 Å². The first-order valence-electron chi connectivity index (χ1n) is 8.90. The minimum atomic E-state index is -4.41. The number of benzene rings is 2. The van der Waals surface area contributed by atoms with E-state index in [2.05, 4.69) is 11.8 Å². The van der Waals surface area contributed by atoms with Crippen LogP contribution in [0.15, 0.2) is 52.3 Å². The lowest BCUT2D eigenvalue weighted by molar-refractivity contribution is 0.0817. The number of carbonyl (C=O) groups excluding carboxylic acids is 1. The van der Waals surface area contributed by atoms with E-state index >= 15 is 0 Å². The molecule has 0 radical (unpaired) electrons. The van der Waals surface area contributed by atoms with Gasteiger partial charge in [0, 0.05) is 11.5 Å². The molecule has 0 aromatic heterocycles. The Bertz CT molecular complexity index is 1160. The second-order valence-corrected chi connectivity index (χ2v) is 9.20. The number of halogens is 2. The fourth-order valence-electron chi connectivity index (χ4n) is 2.34. The molecule has 0 bridgehead atoms. The summed E-state index contributed by atoms with van der Waals surface area (Å²) in [6.45, 7) is 2.76. The van der Waals surface area contributed by atoms with Crippen LogP contribution in [0, 0.1) is 17.8 Å². The van der Waals surface area contributed by atoms with Crippen molar-refractivity contribution >= 4 is 26.9 Å². The molecule has 2 aromatic carbocycles. The highest BCUT2D eigenvalue weighted by Crippen LogP contribution is 2.22. The Labute approximate surface area is 181 Å². The lowest BCUT2D eigenvalue weighted by Gasteiger charge is -2.12. The smallest absolute Gasteiger partial charge is 0.272 e. The average Bonchev–Trinajstić information content (AvgIpc) is 2.70. The monoisotopic (exact) mass is 470 g/mol. The Morgan fingerprint density at radius 2 is 1.90 bits per heavy atom. The van der Waals surface area contributed by atoms with Gasteiger partial charge in [-0.2, -0.15) is 0 Å². The Kier molecular flexibility index (Phi) is 8.27. The second kappa shape index (κ2) is 10.5. The fourth-order valence-corrected chi connectivity index (χ4v) is 4.45. The molecular weight excluding hydrogens is 450 g/mol. The van der Waals surface area contributed by atoms with Crippen molar-refractivity contribution in [2.75, 3.05) is 6.61 Å². The molecule has 1 unspecified atom stereocenters. The predicted molar refractivity (Wildman–Crippen MR) is 111 cm³/mol. The molecule has 0 saturated heterocycles. The molecule has 0 fully saturated rings. The van der Waals surface area contributed by atoms with Gasteiger partial charge in [0.15, 0.2) is 0 Å². The Morgan fingerprint density at radius 1 is 1.23 bits per heavy atom. The van der Waals surface area contributed by atoms with E-state index < -0.39 is 44.8 Å². The molecule has 166 valence electrons. The van der Waals surface area contributed by atoms with Crippen molar-refractivity contribution in [3.63, 3.8) is 0 Å². The molecule has 1 amide bonds. The summed E-state index contributed by atoms with van der Waals surface area (Å²) in [5, 5.41) is 5.30. The van der Waals surface area contributed by atoms with Crippen LogP contribution in [0.2, 0.25) is 0 Å². The highest BCUT2D eigenvalue weighted by atomic mass is 32.2. The molecule has 0 aliphatic carbocycles. The van der Waals surface area contributed by atoms with Crippen molar-refractivity contribution in [3.05, 3.63) is 53.6 Å². The highest BCUT2D eigenvalue weighted by Gasteiger charge is 2.24. The highest BCUT2D eigenvalue weighted by molar-refractivity contribution is 7.91. The summed E-state index contributed by atoms with van der Waals surface area (Å²) < 4.78 is 68.9. The van der Waals surface area contributed by atoms with E-state index in [1.807, 2.05) is 18.6 Å². The largest absolute Gasteiger partial charge is 0.486 e. The van der Waals surface area contributed by atoms with E-state index in [9.17, 15) is 26.2 Å². The van der Waals surface area contributed by atoms with Crippen molar-refractivity contribution in [3.8, 4) is 17.6 Å². The maximum Gasteiger partial charge on any atom is 0.272 e. The molecule has 0 spiro atoms. The van der Waals surface area contributed by atoms with Gasteiger partial charge >= 0.3 is 0 Å². The van der Waals surface area contributed by atoms with Crippen molar-refractivity contribution in [1.29, 1.82) is 0 Å². The molecule has 31 heavy (non-hydrogen) atoms. The van der Waals surface area contributed by atoms with Gasteiger partial charge < -0.3 is 4.74 Å². The van der Waals surface area contributed by atoms with Gasteiger partial charge in [-0.1, -0.05) is 37.8 Å². The lowest BCUT2D eigenvalue weighted by Crippen LogP contribution is -2.31. The minimum Gasteiger partial charge on any atom is -0.486 e. The maximum atomic E-state index is 12.6. The Balaban J connectivity index is 2.38. The van der Waals surface area contributed by atoms with E-state index in [0.29, 0.717) is 0 Å². The molecule has 2 aromatic rings. The van der Waals surface area contributed by atoms with Gasteiger partial charge in [-0.3, -0.25) is 4.79 Å². The topological polar surface area (TPSA) is 116 Å². The third-order valence-corrected chi connectivity index (χ3v) is 5.99. The lowest BCUT2D eigenvalue weighted by atomic mass is 10.1. The van der Waals surface area contributed by atoms with Crippen LogP contribution in [0.25, 0.3) is 0 Å². The minimum absolute atomic E-state index is 0.00392. The molecule has 0 heterocycles. The van der Waals surface area contributed by atoms with Crippen molar-refractivity contribution < 1.29 is 30.9 Å². The molecule has 0 aliphatic rings. The number of ether oxygens (including phenoxy) is 1. The van der Waals surface area contributed by atoms with Crippen LogP contribution >= 0.6 is 0 Å². The van der Waals surface area contributed by atoms with Crippen molar-refractivity contribution in [2.45, 2.75) is 30.1 Å². The number of alkyl halides is 2. The standard InChI is InChI=1S/C20H20F2N2O5S2/c1-13(2)7-8-14-9-10-15(11-16(14)29-12-19(21)22)20(25)24-31(27,28)18-6-4-3-5-17(18)30(23)26/h3-6,9-11,13,19H,12,23H2,1-2H3,(H,24,25). The number of hydrogen-bond acceptors (Lipinski definition) is 5. The van der Waals surface area contributed by atoms with E-state index in [4.69, 9.17) is 9.88 Å². The third-order valence-electron chi connectivity index (χ3n) is 3.69. The van der Waals surface area contributed by atoms with Crippen LogP contribution in [-0.4, -0.2) is 31.6 Å². The second-order valence-electron chi connectivity index (χ2n) is 6.52. The summed E-state index contributed by atoms with van der Waals surface area (Å²) in [5.41, 5.74) is 0.118. The van der Waals surface area contributed by atoms with Crippen molar-refractivity contribution in [2.24, 2.45) is 11.1 Å². The number of nitrogens with one attached hydrogen (secondary N) is 1. The summed E-state index contributed by atoms with van der Waals surface area (Å²) >= 11 is 0. The zero-order valence-corrected chi connectivity index (χ0v) is 18.2. The Morgan fingerprint density at radius 3 is 2.52 bits per heavy atom. The van der Waals surface area contributed by atoms with Gasteiger partial charge in [0.2, 0.25) is 0 Å². The zero-order chi connectivity index (χ0) is 23.2. The molecule has 11 heteroatoms. The van der Waals surface area contributed by atoms with Crippen LogP contribution < -0.4 is 14.6 Å². The summed E-state index contributed by atoms with van der Waals surface area (Å²) in [6, 6.07) is 9.03. The summed E-state index contributed by atoms with van der Waals surface area (Å²) in [5.74, 6) is 4.52. The fraction of sp³-hybridized carbons (Fsp3) is 0.250. The first-order chi connectivity index (χ1) is 14.5. The summed E-state index contributed by atoms with van der Waals surface area (Å²) in [4.78, 5) is 11.9. The van der Waals surface area contributed by atoms with E-state index in [1.54, 1.807) is 0 Å². The first-order valence-corrected chi connectivity index (χ1v) is 11.6. The van der Waals surface area contributed by atoms with Crippen LogP contribution in [-0.2, 0) is 21.0 Å². The van der Waals surface area contributed by atoms with E-state index in [0.717, 1.165) is 12.1 Å². The first kappa shape index (κ1) is 24.5. The molecule has 0 saturated carbocycles. The van der Waals surface area contributed by atoms with Crippen molar-refractivity contribution in [1.82, 2.24) is 4.72 Å². The quantitative estimate of drug-likeness (QED) is 0.603. The molecule has 3 N–H and O–H groups in total. The average molecular weight is 471 g/mol. The summed E-state index contributed by atoms with van der Waals surface area (Å²) in [7, 11) is -6.52. The van der Waals surface area contributed by atoms with Crippen LogP contribution in [0.3, 0.4) is 0 Å². The maximum absolute atomic E-state index is 12.6. The Hall–Kier alpha value is -2.81. The third kappa shape index (κ3) is 6.85. The predicted octanol–water partition coefficient (Wildman–Crippen LogP) is 2.44. The van der Waals surface area contributed by atoms with E-state index in [-0.39, 0.29) is 27.7 Å². The SMILES string of the molecule is CC(C)C#Cc1ccc(C(=O)NS(=O)(=O)c2ccccc2S(N)=O)cc1OCC(F)F. The molecule has 0 aliphatic heterocycles. The molecule has 2 rings (SSSR count).